The van der Waals surface area contributed by atoms with Crippen LogP contribution in [0, 0.1) is 5.92 Å². The molecule has 0 saturated carbocycles. The summed E-state index contributed by atoms with van der Waals surface area (Å²) in [4.78, 5) is 11.3. The molecule has 3 atom stereocenters. The average molecular weight is 204 g/mol. The van der Waals surface area contributed by atoms with E-state index in [1.807, 2.05) is 23.5 Å². The standard InChI is InChI=1S/C8H12O2S2/c1-5-7-2-6(10-8(7)9)3-11-4-12-5/h5-7H,2-4H2,1H3. The molecule has 4 heteroatoms. The fourth-order valence-corrected chi connectivity index (χ4v) is 4.17. The summed E-state index contributed by atoms with van der Waals surface area (Å²) < 4.78 is 5.24. The van der Waals surface area contributed by atoms with Gasteiger partial charge in [-0.05, 0) is 6.42 Å². The minimum atomic E-state index is 0.0301. The number of rotatable bonds is 0. The predicted molar refractivity (Wildman–Crippen MR) is 52.4 cm³/mol. The number of thioether (sulfide) groups is 2. The summed E-state index contributed by atoms with van der Waals surface area (Å²) >= 11 is 3.76. The zero-order valence-corrected chi connectivity index (χ0v) is 8.62. The van der Waals surface area contributed by atoms with E-state index in [-0.39, 0.29) is 18.0 Å². The fourth-order valence-electron chi connectivity index (χ4n) is 1.62. The highest BCUT2D eigenvalue weighted by Crippen LogP contribution is 2.36. The normalized spacial score (nSPS) is 41.8. The molecule has 0 radical (unpaired) electrons. The molecule has 2 heterocycles. The van der Waals surface area contributed by atoms with Crippen molar-refractivity contribution in [3.05, 3.63) is 0 Å². The average Bonchev–Trinajstić information content (AvgIpc) is 2.39. The molecule has 0 spiro atoms. The Bertz CT molecular complexity index is 195. The van der Waals surface area contributed by atoms with E-state index in [0.717, 1.165) is 17.3 Å². The summed E-state index contributed by atoms with van der Waals surface area (Å²) in [6.07, 6.45) is 1.15. The smallest absolute Gasteiger partial charge is 0.310 e. The lowest BCUT2D eigenvalue weighted by Gasteiger charge is -2.17. The maximum Gasteiger partial charge on any atom is 0.310 e. The van der Waals surface area contributed by atoms with Crippen LogP contribution in [0.1, 0.15) is 13.3 Å². The maximum atomic E-state index is 11.3. The van der Waals surface area contributed by atoms with Gasteiger partial charge in [-0.1, -0.05) is 6.92 Å². The largest absolute Gasteiger partial charge is 0.461 e. The van der Waals surface area contributed by atoms with Gasteiger partial charge < -0.3 is 4.74 Å². The Labute approximate surface area is 80.8 Å². The van der Waals surface area contributed by atoms with E-state index >= 15 is 0 Å². The fraction of sp³-hybridized carbons (Fsp3) is 0.875. The summed E-state index contributed by atoms with van der Waals surface area (Å²) in [5.74, 6) is 1.19. The molecule has 0 aromatic heterocycles. The number of esters is 1. The van der Waals surface area contributed by atoms with Crippen molar-refractivity contribution in [2.45, 2.75) is 24.7 Å². The van der Waals surface area contributed by atoms with Crippen LogP contribution >= 0.6 is 23.5 Å². The molecule has 0 amide bonds. The summed E-state index contributed by atoms with van der Waals surface area (Å²) in [7, 11) is 0. The minimum absolute atomic E-state index is 0.0301. The first-order chi connectivity index (χ1) is 5.77. The summed E-state index contributed by atoms with van der Waals surface area (Å²) in [6.45, 7) is 2.13. The Morgan fingerprint density at radius 3 is 3.25 bits per heavy atom. The molecule has 2 aliphatic rings. The van der Waals surface area contributed by atoms with Crippen molar-refractivity contribution in [2.24, 2.45) is 5.92 Å². The molecule has 0 aromatic carbocycles. The van der Waals surface area contributed by atoms with Gasteiger partial charge in [-0.25, -0.2) is 0 Å². The van der Waals surface area contributed by atoms with Crippen LogP contribution in [0.15, 0.2) is 0 Å². The number of hydrogen-bond acceptors (Lipinski definition) is 4. The Morgan fingerprint density at radius 1 is 1.58 bits per heavy atom. The first kappa shape index (κ1) is 8.75. The number of ether oxygens (including phenoxy) is 1. The molecular weight excluding hydrogens is 192 g/mol. The van der Waals surface area contributed by atoms with E-state index in [1.165, 1.54) is 0 Å². The lowest BCUT2D eigenvalue weighted by Crippen LogP contribution is -2.19. The van der Waals surface area contributed by atoms with Crippen LogP contribution in [-0.2, 0) is 9.53 Å². The highest BCUT2D eigenvalue weighted by atomic mass is 32.2. The van der Waals surface area contributed by atoms with E-state index in [0.29, 0.717) is 5.25 Å². The van der Waals surface area contributed by atoms with Gasteiger partial charge in [-0.2, -0.15) is 0 Å². The van der Waals surface area contributed by atoms with Gasteiger partial charge in [0.1, 0.15) is 6.10 Å². The van der Waals surface area contributed by atoms with Crippen LogP contribution in [0.2, 0.25) is 0 Å². The van der Waals surface area contributed by atoms with Gasteiger partial charge in [0.2, 0.25) is 0 Å². The summed E-state index contributed by atoms with van der Waals surface area (Å²) in [5, 5.41) is 1.54. The zero-order chi connectivity index (χ0) is 8.55. The van der Waals surface area contributed by atoms with Gasteiger partial charge in [-0.3, -0.25) is 4.79 Å². The van der Waals surface area contributed by atoms with Gasteiger partial charge >= 0.3 is 5.97 Å². The SMILES string of the molecule is CC1SCSCC2CC1C(=O)O2. The van der Waals surface area contributed by atoms with E-state index in [9.17, 15) is 4.79 Å². The summed E-state index contributed by atoms with van der Waals surface area (Å²) in [5.41, 5.74) is 0. The van der Waals surface area contributed by atoms with E-state index in [2.05, 4.69) is 6.92 Å². The van der Waals surface area contributed by atoms with Crippen molar-refractivity contribution < 1.29 is 9.53 Å². The molecule has 2 bridgehead atoms. The molecule has 2 nitrogen and oxygen atoms in total. The number of fused-ring (bicyclic) bond motifs is 2. The van der Waals surface area contributed by atoms with Gasteiger partial charge in [-0.15, -0.1) is 23.5 Å². The molecule has 68 valence electrons. The van der Waals surface area contributed by atoms with Crippen molar-refractivity contribution in [1.29, 1.82) is 0 Å². The molecule has 2 fully saturated rings. The highest BCUT2D eigenvalue weighted by molar-refractivity contribution is 8.16. The Hall–Kier alpha value is 0.170. The summed E-state index contributed by atoms with van der Waals surface area (Å²) in [6, 6.07) is 0. The monoisotopic (exact) mass is 204 g/mol. The van der Waals surface area contributed by atoms with Crippen LogP contribution in [0.25, 0.3) is 0 Å². The van der Waals surface area contributed by atoms with E-state index in [4.69, 9.17) is 4.74 Å². The maximum absolute atomic E-state index is 11.3. The molecule has 2 rings (SSSR count). The first-order valence-corrected chi connectivity index (χ1v) is 6.37. The number of carbonyl (C=O) groups excluding carboxylic acids is 1. The van der Waals surface area contributed by atoms with Gasteiger partial charge in [0.05, 0.1) is 5.92 Å². The Morgan fingerprint density at radius 2 is 2.42 bits per heavy atom. The van der Waals surface area contributed by atoms with Crippen LogP contribution in [0.5, 0.6) is 0 Å². The van der Waals surface area contributed by atoms with Crippen LogP contribution in [0.3, 0.4) is 0 Å². The predicted octanol–water partition coefficient (Wildman–Crippen LogP) is 1.74. The third-order valence-corrected chi connectivity index (χ3v) is 5.06. The van der Waals surface area contributed by atoms with Gasteiger partial charge in [0.15, 0.2) is 0 Å². The Balaban J connectivity index is 2.09. The van der Waals surface area contributed by atoms with Crippen molar-refractivity contribution in [2.75, 3.05) is 10.8 Å². The van der Waals surface area contributed by atoms with Crippen molar-refractivity contribution in [3.63, 3.8) is 0 Å². The topological polar surface area (TPSA) is 26.3 Å². The van der Waals surface area contributed by atoms with E-state index in [1.54, 1.807) is 0 Å². The van der Waals surface area contributed by atoms with Crippen LogP contribution < -0.4 is 0 Å². The van der Waals surface area contributed by atoms with Crippen LogP contribution in [0.4, 0.5) is 0 Å². The van der Waals surface area contributed by atoms with Crippen LogP contribution in [-0.4, -0.2) is 28.2 Å². The molecule has 2 aliphatic heterocycles. The highest BCUT2D eigenvalue weighted by Gasteiger charge is 2.39. The third-order valence-electron chi connectivity index (χ3n) is 2.39. The van der Waals surface area contributed by atoms with Gasteiger partial charge in [0, 0.05) is 16.1 Å². The van der Waals surface area contributed by atoms with Crippen molar-refractivity contribution in [1.82, 2.24) is 0 Å². The molecule has 0 aromatic rings. The second kappa shape index (κ2) is 3.50. The quantitative estimate of drug-likeness (QED) is 0.562. The third kappa shape index (κ3) is 1.59. The Kier molecular flexibility index (Phi) is 2.55. The molecular formula is C8H12O2S2. The minimum Gasteiger partial charge on any atom is -0.461 e. The lowest BCUT2D eigenvalue weighted by atomic mass is 10.0. The second-order valence-corrected chi connectivity index (χ2v) is 6.02. The second-order valence-electron chi connectivity index (χ2n) is 3.26. The van der Waals surface area contributed by atoms with Crippen molar-refractivity contribution >= 4 is 29.5 Å². The molecule has 2 saturated heterocycles. The first-order valence-electron chi connectivity index (χ1n) is 4.17. The van der Waals surface area contributed by atoms with E-state index < -0.39 is 0 Å². The van der Waals surface area contributed by atoms with Crippen molar-refractivity contribution in [3.8, 4) is 0 Å². The molecule has 0 aliphatic carbocycles. The van der Waals surface area contributed by atoms with Gasteiger partial charge in [0.25, 0.3) is 0 Å². The molecule has 3 unspecified atom stereocenters. The number of carbonyl (C=O) groups is 1. The lowest BCUT2D eigenvalue weighted by molar-refractivity contribution is -0.143. The zero-order valence-electron chi connectivity index (χ0n) is 6.99. The molecule has 0 N–H and O–H groups in total. The molecule has 12 heavy (non-hydrogen) atoms. The number of hydrogen-bond donors (Lipinski definition) is 0.